The Morgan fingerprint density at radius 3 is 2.95 bits per heavy atom. The molecule has 1 aliphatic rings. The van der Waals surface area contributed by atoms with Crippen molar-refractivity contribution in [2.45, 2.75) is 18.9 Å². The molecule has 0 spiro atoms. The number of hydrogen-bond acceptors (Lipinski definition) is 4. The maximum atomic E-state index is 12.2. The van der Waals surface area contributed by atoms with Crippen molar-refractivity contribution in [2.24, 2.45) is 0 Å². The van der Waals surface area contributed by atoms with E-state index in [9.17, 15) is 4.79 Å². The van der Waals surface area contributed by atoms with Gasteiger partial charge in [0.15, 0.2) is 0 Å². The molecule has 3 N–H and O–H groups in total. The van der Waals surface area contributed by atoms with Crippen LogP contribution in [0.1, 0.15) is 39.6 Å². The fourth-order valence-electron chi connectivity index (χ4n) is 2.61. The Bertz CT molecular complexity index is 731. The lowest BCUT2D eigenvalue weighted by Gasteiger charge is -2.14. The van der Waals surface area contributed by atoms with E-state index in [1.807, 2.05) is 24.3 Å². The van der Waals surface area contributed by atoms with Crippen LogP contribution >= 0.6 is 0 Å². The van der Waals surface area contributed by atoms with Gasteiger partial charge < -0.3 is 11.1 Å². The predicted octanol–water partition coefficient (Wildman–Crippen LogP) is 1.95. The van der Waals surface area contributed by atoms with Crippen LogP contribution in [-0.4, -0.2) is 10.9 Å². The summed E-state index contributed by atoms with van der Waals surface area (Å²) in [7, 11) is 0. The molecule has 5 heteroatoms. The van der Waals surface area contributed by atoms with Gasteiger partial charge in [-0.15, -0.1) is 0 Å². The van der Waals surface area contributed by atoms with Crippen LogP contribution in [-0.2, 0) is 6.42 Å². The number of carbonyl (C=O) groups is 1. The molecule has 0 saturated carbocycles. The van der Waals surface area contributed by atoms with Crippen molar-refractivity contribution in [3.05, 3.63) is 58.9 Å². The minimum atomic E-state index is -0.228. The molecule has 1 aromatic heterocycles. The molecule has 1 unspecified atom stereocenters. The molecule has 0 bridgehead atoms. The van der Waals surface area contributed by atoms with Crippen molar-refractivity contribution < 1.29 is 4.79 Å². The van der Waals surface area contributed by atoms with Crippen molar-refractivity contribution in [1.82, 2.24) is 10.3 Å². The van der Waals surface area contributed by atoms with Gasteiger partial charge in [-0.25, -0.2) is 4.98 Å². The Balaban J connectivity index is 1.76. The Labute approximate surface area is 122 Å². The summed E-state index contributed by atoms with van der Waals surface area (Å²) in [6, 6.07) is 10.9. The highest BCUT2D eigenvalue weighted by atomic mass is 16.1. The fourth-order valence-corrected chi connectivity index (χ4v) is 2.61. The molecule has 5 nitrogen and oxygen atoms in total. The van der Waals surface area contributed by atoms with Gasteiger partial charge >= 0.3 is 0 Å². The largest absolute Gasteiger partial charge is 0.399 e. The van der Waals surface area contributed by atoms with E-state index < -0.39 is 0 Å². The number of nitrogen functional groups attached to an aromatic ring is 1. The third-order valence-electron chi connectivity index (χ3n) is 3.68. The molecule has 1 amide bonds. The van der Waals surface area contributed by atoms with E-state index in [1.165, 1.54) is 11.8 Å². The smallest absolute Gasteiger partial charge is 0.270 e. The molecule has 1 atom stereocenters. The Morgan fingerprint density at radius 2 is 2.24 bits per heavy atom. The average molecular weight is 278 g/mol. The SMILES string of the molecule is N#Cc1ccc(C(=O)NC2CCc3cc(N)ccc32)nc1. The van der Waals surface area contributed by atoms with E-state index >= 15 is 0 Å². The number of amides is 1. The molecule has 1 aliphatic carbocycles. The highest BCUT2D eigenvalue weighted by Crippen LogP contribution is 2.32. The number of carbonyl (C=O) groups excluding carboxylic acids is 1. The quantitative estimate of drug-likeness (QED) is 0.821. The number of nitrogens with one attached hydrogen (secondary N) is 1. The molecule has 1 heterocycles. The van der Waals surface area contributed by atoms with Gasteiger partial charge in [-0.3, -0.25) is 4.79 Å². The third-order valence-corrected chi connectivity index (χ3v) is 3.68. The second-order valence-electron chi connectivity index (χ2n) is 5.07. The zero-order valence-corrected chi connectivity index (χ0v) is 11.3. The minimum Gasteiger partial charge on any atom is -0.399 e. The number of rotatable bonds is 2. The van der Waals surface area contributed by atoms with Gasteiger partial charge in [0.2, 0.25) is 0 Å². The van der Waals surface area contributed by atoms with Crippen LogP contribution in [0, 0.1) is 11.3 Å². The van der Waals surface area contributed by atoms with Gasteiger partial charge in [0.1, 0.15) is 11.8 Å². The molecular formula is C16H14N4O. The van der Waals surface area contributed by atoms with Gasteiger partial charge in [-0.05, 0) is 48.2 Å². The van der Waals surface area contributed by atoms with E-state index in [1.54, 1.807) is 12.1 Å². The zero-order chi connectivity index (χ0) is 14.8. The zero-order valence-electron chi connectivity index (χ0n) is 11.3. The van der Waals surface area contributed by atoms with Crippen molar-refractivity contribution in [2.75, 3.05) is 5.73 Å². The molecule has 1 aromatic carbocycles. The standard InChI is InChI=1S/C16H14N4O/c17-8-10-1-5-15(19-9-10)16(21)20-14-6-2-11-7-12(18)3-4-13(11)14/h1,3-5,7,9,14H,2,6,18H2,(H,20,21). The van der Waals surface area contributed by atoms with Gasteiger partial charge in [0, 0.05) is 11.9 Å². The van der Waals surface area contributed by atoms with Crippen LogP contribution in [0.5, 0.6) is 0 Å². The number of fused-ring (bicyclic) bond motifs is 1. The first-order chi connectivity index (χ1) is 10.2. The number of benzene rings is 1. The lowest BCUT2D eigenvalue weighted by molar-refractivity contribution is 0.0931. The number of anilines is 1. The van der Waals surface area contributed by atoms with Crippen molar-refractivity contribution in [3.63, 3.8) is 0 Å². The Morgan fingerprint density at radius 1 is 1.38 bits per heavy atom. The molecule has 0 aliphatic heterocycles. The number of pyridine rings is 1. The van der Waals surface area contributed by atoms with E-state index in [0.717, 1.165) is 24.1 Å². The highest BCUT2D eigenvalue weighted by Gasteiger charge is 2.24. The number of hydrogen-bond donors (Lipinski definition) is 2. The topological polar surface area (TPSA) is 91.8 Å². The monoisotopic (exact) mass is 278 g/mol. The first kappa shape index (κ1) is 13.1. The molecule has 104 valence electrons. The summed E-state index contributed by atoms with van der Waals surface area (Å²) >= 11 is 0. The van der Waals surface area contributed by atoms with E-state index in [0.29, 0.717) is 11.3 Å². The predicted molar refractivity (Wildman–Crippen MR) is 78.3 cm³/mol. The van der Waals surface area contributed by atoms with E-state index in [4.69, 9.17) is 11.0 Å². The number of aryl methyl sites for hydroxylation is 1. The maximum absolute atomic E-state index is 12.2. The second-order valence-corrected chi connectivity index (χ2v) is 5.07. The van der Waals surface area contributed by atoms with Crippen LogP contribution in [0.3, 0.4) is 0 Å². The van der Waals surface area contributed by atoms with Gasteiger partial charge in [-0.2, -0.15) is 5.26 Å². The molecule has 2 aromatic rings. The molecule has 21 heavy (non-hydrogen) atoms. The summed E-state index contributed by atoms with van der Waals surface area (Å²) in [6.45, 7) is 0. The Kier molecular flexibility index (Phi) is 3.28. The van der Waals surface area contributed by atoms with Crippen molar-refractivity contribution in [1.29, 1.82) is 5.26 Å². The van der Waals surface area contributed by atoms with Crippen LogP contribution in [0.4, 0.5) is 5.69 Å². The molecular weight excluding hydrogens is 264 g/mol. The minimum absolute atomic E-state index is 0.00876. The van der Waals surface area contributed by atoms with E-state index in [2.05, 4.69) is 10.3 Å². The van der Waals surface area contributed by atoms with Crippen LogP contribution in [0.15, 0.2) is 36.5 Å². The first-order valence-corrected chi connectivity index (χ1v) is 6.72. The second kappa shape index (κ2) is 5.25. The van der Waals surface area contributed by atoms with Gasteiger partial charge in [0.25, 0.3) is 5.91 Å². The summed E-state index contributed by atoms with van der Waals surface area (Å²) in [5, 5.41) is 11.7. The lowest BCUT2D eigenvalue weighted by Crippen LogP contribution is -2.27. The number of aromatic nitrogens is 1. The average Bonchev–Trinajstić information content (AvgIpc) is 2.89. The molecule has 0 radical (unpaired) electrons. The van der Waals surface area contributed by atoms with Crippen LogP contribution < -0.4 is 11.1 Å². The summed E-state index contributed by atoms with van der Waals surface area (Å²) in [6.07, 6.45) is 3.17. The lowest BCUT2D eigenvalue weighted by atomic mass is 10.1. The Hall–Kier alpha value is -2.87. The van der Waals surface area contributed by atoms with Crippen LogP contribution in [0.25, 0.3) is 0 Å². The normalized spacial score (nSPS) is 16.0. The number of nitrogens with two attached hydrogens (primary N) is 1. The van der Waals surface area contributed by atoms with Crippen LogP contribution in [0.2, 0.25) is 0 Å². The van der Waals surface area contributed by atoms with Gasteiger partial charge in [0.05, 0.1) is 11.6 Å². The summed E-state index contributed by atoms with van der Waals surface area (Å²) in [4.78, 5) is 16.2. The molecule has 0 fully saturated rings. The maximum Gasteiger partial charge on any atom is 0.270 e. The van der Waals surface area contributed by atoms with Crippen molar-refractivity contribution >= 4 is 11.6 Å². The van der Waals surface area contributed by atoms with E-state index in [-0.39, 0.29) is 11.9 Å². The highest BCUT2D eigenvalue weighted by molar-refractivity contribution is 5.92. The number of nitrogens with zero attached hydrogens (tertiary/aromatic N) is 2. The summed E-state index contributed by atoms with van der Waals surface area (Å²) < 4.78 is 0. The summed E-state index contributed by atoms with van der Waals surface area (Å²) in [5.74, 6) is -0.228. The summed E-state index contributed by atoms with van der Waals surface area (Å²) in [5.41, 5.74) is 9.58. The fraction of sp³-hybridized carbons (Fsp3) is 0.188. The van der Waals surface area contributed by atoms with Gasteiger partial charge in [-0.1, -0.05) is 6.07 Å². The molecule has 0 saturated heterocycles. The first-order valence-electron chi connectivity index (χ1n) is 6.72. The third kappa shape index (κ3) is 2.56. The molecule has 3 rings (SSSR count). The van der Waals surface area contributed by atoms with Crippen molar-refractivity contribution in [3.8, 4) is 6.07 Å². The number of nitriles is 1.